The number of nitro groups is 1. The van der Waals surface area contributed by atoms with Gasteiger partial charge in [0.15, 0.2) is 11.7 Å². The third-order valence-corrected chi connectivity index (χ3v) is 3.66. The molecule has 0 bridgehead atoms. The van der Waals surface area contributed by atoms with Gasteiger partial charge < -0.3 is 10.1 Å². The molecule has 25 heavy (non-hydrogen) atoms. The second kappa shape index (κ2) is 8.20. The Morgan fingerprint density at radius 1 is 1.20 bits per heavy atom. The lowest BCUT2D eigenvalue weighted by Crippen LogP contribution is -2.37. The molecule has 2 aromatic rings. The van der Waals surface area contributed by atoms with Gasteiger partial charge in [-0.15, -0.1) is 0 Å². The molecule has 1 amide bonds. The lowest BCUT2D eigenvalue weighted by Gasteiger charge is -2.12. The maximum Gasteiger partial charge on any atom is 0.274 e. The number of aryl methyl sites for hydroxylation is 1. The smallest absolute Gasteiger partial charge is 0.274 e. The lowest BCUT2D eigenvalue weighted by atomic mass is 10.1. The first-order valence-corrected chi connectivity index (χ1v) is 7.82. The first-order valence-electron chi connectivity index (χ1n) is 7.41. The quantitative estimate of drug-likeness (QED) is 0.484. The molecule has 0 unspecified atom stereocenters. The average molecular weight is 359 g/mol. The fourth-order valence-corrected chi connectivity index (χ4v) is 2.36. The Bertz CT molecular complexity index is 823. The Morgan fingerprint density at radius 3 is 2.60 bits per heavy atom. The molecule has 130 valence electrons. The number of thiocarbonyl (C=S) groups is 1. The van der Waals surface area contributed by atoms with Crippen molar-refractivity contribution >= 4 is 34.6 Å². The summed E-state index contributed by atoms with van der Waals surface area (Å²) in [6.45, 7) is 3.29. The minimum absolute atomic E-state index is 0.0259. The summed E-state index contributed by atoms with van der Waals surface area (Å²) >= 11 is 5.07. The Kier molecular flexibility index (Phi) is 6.02. The molecule has 2 aromatic carbocycles. The Labute approximate surface area is 150 Å². The van der Waals surface area contributed by atoms with Crippen LogP contribution in [-0.4, -0.2) is 22.5 Å². The van der Waals surface area contributed by atoms with Crippen molar-refractivity contribution in [3.8, 4) is 5.75 Å². The van der Waals surface area contributed by atoms with Gasteiger partial charge in [0.2, 0.25) is 0 Å². The van der Waals surface area contributed by atoms with Gasteiger partial charge in [0.1, 0.15) is 5.75 Å². The van der Waals surface area contributed by atoms with Crippen LogP contribution in [0.25, 0.3) is 0 Å². The number of carbonyl (C=O) groups is 1. The number of nitrogens with one attached hydrogen (secondary N) is 2. The normalized spacial score (nSPS) is 10.0. The molecular formula is C17H17N3O4S. The van der Waals surface area contributed by atoms with Crippen molar-refractivity contribution in [1.29, 1.82) is 0 Å². The highest BCUT2D eigenvalue weighted by atomic mass is 32.1. The second-order valence-corrected chi connectivity index (χ2v) is 5.67. The van der Waals surface area contributed by atoms with Crippen LogP contribution in [-0.2, 0) is 4.79 Å². The minimum Gasteiger partial charge on any atom is -0.483 e. The summed E-state index contributed by atoms with van der Waals surface area (Å²) in [5.74, 6) is 0.190. The van der Waals surface area contributed by atoms with Gasteiger partial charge in [-0.05, 0) is 43.8 Å². The van der Waals surface area contributed by atoms with E-state index in [0.717, 1.165) is 5.56 Å². The van der Waals surface area contributed by atoms with E-state index in [1.54, 1.807) is 25.1 Å². The van der Waals surface area contributed by atoms with Gasteiger partial charge in [0.25, 0.3) is 11.6 Å². The highest BCUT2D eigenvalue weighted by Gasteiger charge is 2.14. The first-order chi connectivity index (χ1) is 11.9. The summed E-state index contributed by atoms with van der Waals surface area (Å²) in [7, 11) is 0. The van der Waals surface area contributed by atoms with Gasteiger partial charge >= 0.3 is 0 Å². The molecular weight excluding hydrogens is 342 g/mol. The van der Waals surface area contributed by atoms with Crippen molar-refractivity contribution in [2.75, 3.05) is 11.9 Å². The van der Waals surface area contributed by atoms with Crippen molar-refractivity contribution < 1.29 is 14.5 Å². The fourth-order valence-electron chi connectivity index (χ4n) is 2.13. The average Bonchev–Trinajstić information content (AvgIpc) is 2.55. The van der Waals surface area contributed by atoms with Gasteiger partial charge in [0, 0.05) is 6.07 Å². The van der Waals surface area contributed by atoms with Gasteiger partial charge in [-0.25, -0.2) is 0 Å². The molecule has 0 heterocycles. The van der Waals surface area contributed by atoms with Gasteiger partial charge in [0.05, 0.1) is 16.2 Å². The number of benzene rings is 2. The number of ether oxygens (including phenoxy) is 1. The number of amides is 1. The van der Waals surface area contributed by atoms with E-state index in [0.29, 0.717) is 17.0 Å². The molecule has 8 heteroatoms. The van der Waals surface area contributed by atoms with E-state index in [1.165, 1.54) is 6.07 Å². The second-order valence-electron chi connectivity index (χ2n) is 5.26. The molecule has 2 N–H and O–H groups in total. The van der Waals surface area contributed by atoms with Crippen LogP contribution in [0.4, 0.5) is 11.4 Å². The van der Waals surface area contributed by atoms with Crippen molar-refractivity contribution in [2.45, 2.75) is 13.8 Å². The fraction of sp³-hybridized carbons (Fsp3) is 0.176. The van der Waals surface area contributed by atoms with Crippen molar-refractivity contribution in [1.82, 2.24) is 5.32 Å². The highest BCUT2D eigenvalue weighted by molar-refractivity contribution is 7.80. The summed E-state index contributed by atoms with van der Waals surface area (Å²) in [6, 6.07) is 11.9. The summed E-state index contributed by atoms with van der Waals surface area (Å²) in [5, 5.41) is 16.3. The molecule has 2 rings (SSSR count). The number of nitro benzene ring substituents is 1. The predicted molar refractivity (Wildman–Crippen MR) is 98.9 cm³/mol. The largest absolute Gasteiger partial charge is 0.483 e. The highest BCUT2D eigenvalue weighted by Crippen LogP contribution is 2.24. The standard InChI is InChI=1S/C17H17N3O4S/c1-11-6-3-4-9-15(11)24-10-16(21)19-17(25)18-13-7-5-8-14(12(13)2)20(22)23/h3-9H,10H2,1-2H3,(H2,18,19,21,25). The van der Waals surface area contributed by atoms with Crippen LogP contribution in [0.2, 0.25) is 0 Å². The van der Waals surface area contributed by atoms with Crippen LogP contribution in [0.1, 0.15) is 11.1 Å². The minimum atomic E-state index is -0.474. The Hall–Kier alpha value is -3.00. The molecule has 7 nitrogen and oxygen atoms in total. The summed E-state index contributed by atoms with van der Waals surface area (Å²) in [5.41, 5.74) is 1.78. The lowest BCUT2D eigenvalue weighted by molar-refractivity contribution is -0.385. The SMILES string of the molecule is Cc1ccccc1OCC(=O)NC(=S)Nc1cccc([N+](=O)[O-])c1C. The first kappa shape index (κ1) is 18.3. The zero-order valence-electron chi connectivity index (χ0n) is 13.7. The topological polar surface area (TPSA) is 93.5 Å². The molecule has 0 atom stereocenters. The third-order valence-electron chi connectivity index (χ3n) is 3.46. The summed E-state index contributed by atoms with van der Waals surface area (Å²) < 4.78 is 5.44. The maximum absolute atomic E-state index is 11.9. The van der Waals surface area contributed by atoms with Crippen LogP contribution in [0.3, 0.4) is 0 Å². The zero-order valence-corrected chi connectivity index (χ0v) is 14.6. The summed E-state index contributed by atoms with van der Waals surface area (Å²) in [4.78, 5) is 22.4. The molecule has 0 aliphatic heterocycles. The molecule has 0 aliphatic rings. The Morgan fingerprint density at radius 2 is 1.92 bits per heavy atom. The number of hydrogen-bond acceptors (Lipinski definition) is 5. The van der Waals surface area contributed by atoms with Crippen LogP contribution in [0, 0.1) is 24.0 Å². The van der Waals surface area contributed by atoms with E-state index in [4.69, 9.17) is 17.0 Å². The zero-order chi connectivity index (χ0) is 18.4. The molecule has 0 fully saturated rings. The van der Waals surface area contributed by atoms with Crippen LogP contribution in [0.15, 0.2) is 42.5 Å². The molecule has 0 spiro atoms. The molecule has 0 aromatic heterocycles. The van der Waals surface area contributed by atoms with E-state index in [9.17, 15) is 14.9 Å². The van der Waals surface area contributed by atoms with Gasteiger partial charge in [-0.1, -0.05) is 24.3 Å². The number of rotatable bonds is 5. The van der Waals surface area contributed by atoms with Crippen LogP contribution >= 0.6 is 12.2 Å². The van der Waals surface area contributed by atoms with Gasteiger partial charge in [-0.3, -0.25) is 20.2 Å². The van der Waals surface area contributed by atoms with Gasteiger partial charge in [-0.2, -0.15) is 0 Å². The van der Waals surface area contributed by atoms with E-state index in [1.807, 2.05) is 25.1 Å². The summed E-state index contributed by atoms with van der Waals surface area (Å²) in [6.07, 6.45) is 0. The monoisotopic (exact) mass is 359 g/mol. The molecule has 0 saturated carbocycles. The number of hydrogen-bond donors (Lipinski definition) is 2. The maximum atomic E-state index is 11.9. The van der Waals surface area contributed by atoms with Crippen LogP contribution in [0.5, 0.6) is 5.75 Å². The van der Waals surface area contributed by atoms with Crippen molar-refractivity contribution in [3.63, 3.8) is 0 Å². The molecule has 0 radical (unpaired) electrons. The van der Waals surface area contributed by atoms with Crippen LogP contribution < -0.4 is 15.4 Å². The predicted octanol–water partition coefficient (Wildman–Crippen LogP) is 3.10. The number of anilines is 1. The van der Waals surface area contributed by atoms with Crippen molar-refractivity contribution in [2.24, 2.45) is 0 Å². The van der Waals surface area contributed by atoms with E-state index in [2.05, 4.69) is 10.6 Å². The van der Waals surface area contributed by atoms with E-state index < -0.39 is 10.8 Å². The Balaban J connectivity index is 1.92. The van der Waals surface area contributed by atoms with E-state index >= 15 is 0 Å². The molecule has 0 saturated heterocycles. The number of nitrogens with zero attached hydrogens (tertiary/aromatic N) is 1. The number of carbonyl (C=O) groups excluding carboxylic acids is 1. The third kappa shape index (κ3) is 4.98. The van der Waals surface area contributed by atoms with E-state index in [-0.39, 0.29) is 17.4 Å². The number of para-hydroxylation sites is 1. The van der Waals surface area contributed by atoms with Crippen molar-refractivity contribution in [3.05, 3.63) is 63.7 Å². The molecule has 0 aliphatic carbocycles.